The largest absolute Gasteiger partial charge is 0.458 e. The van der Waals surface area contributed by atoms with Crippen molar-refractivity contribution in [1.82, 2.24) is 4.90 Å². The Morgan fingerprint density at radius 2 is 1.81 bits per heavy atom. The molecule has 2 heterocycles. The van der Waals surface area contributed by atoms with Crippen LogP contribution in [0.3, 0.4) is 0 Å². The topological polar surface area (TPSA) is 138 Å². The molecule has 2 aromatic rings. The Morgan fingerprint density at radius 1 is 1.09 bits per heavy atom. The Balaban J connectivity index is 1.65. The highest BCUT2D eigenvalue weighted by atomic mass is 16.6. The number of aliphatic hydroxyl groups is 3. The molecule has 11 unspecified atom stereocenters. The highest BCUT2D eigenvalue weighted by Gasteiger charge is 2.56. The van der Waals surface area contributed by atoms with Crippen LogP contribution in [0, 0.1) is 17.8 Å². The van der Waals surface area contributed by atoms with E-state index < -0.39 is 35.9 Å². The van der Waals surface area contributed by atoms with Crippen molar-refractivity contribution in [2.45, 2.75) is 129 Å². The van der Waals surface area contributed by atoms with Gasteiger partial charge in [0.25, 0.3) is 0 Å². The minimum atomic E-state index is -1.41. The predicted molar refractivity (Wildman–Crippen MR) is 210 cm³/mol. The Morgan fingerprint density at radius 3 is 2.48 bits per heavy atom. The number of methoxy groups -OCH3 is 1. The molecule has 0 radical (unpaired) electrons. The first-order valence-corrected chi connectivity index (χ1v) is 19.5. The molecule has 0 spiro atoms. The monoisotopic (exact) mass is 749 g/mol. The van der Waals surface area contributed by atoms with Crippen molar-refractivity contribution in [1.29, 1.82) is 0 Å². The number of rotatable bonds is 15. The van der Waals surface area contributed by atoms with Crippen LogP contribution in [0.4, 0.5) is 0 Å². The van der Waals surface area contributed by atoms with Crippen LogP contribution in [-0.2, 0) is 35.1 Å². The Kier molecular flexibility index (Phi) is 16.0. The highest BCUT2D eigenvalue weighted by molar-refractivity contribution is 5.83. The number of nitrogens with zero attached hydrogens (tertiary/aromatic N) is 1. The number of epoxide rings is 1. The molecule has 54 heavy (non-hydrogen) atoms. The van der Waals surface area contributed by atoms with Crippen LogP contribution in [0.25, 0.3) is 10.8 Å². The molecule has 10 heteroatoms. The third-order valence-corrected chi connectivity index (χ3v) is 11.1. The number of hydrogen-bond donors (Lipinski definition) is 3. The van der Waals surface area contributed by atoms with Gasteiger partial charge in [-0.15, -0.1) is 0 Å². The quantitative estimate of drug-likeness (QED) is 0.0824. The van der Waals surface area contributed by atoms with E-state index >= 15 is 0 Å². The number of hydrogen-bond acceptors (Lipinski definition) is 10. The third-order valence-electron chi connectivity index (χ3n) is 11.1. The SMILES string of the molecule is CCC(OC)C(C)C1OC1C(N(CCO)Cc1ccc2ccccc2c1)C(C)(O)C=CC=C(C)C1OC(=O)CC(O)CCC(C)C(OC(C)=O)C=CC1C. The van der Waals surface area contributed by atoms with Crippen molar-refractivity contribution < 1.29 is 43.9 Å². The van der Waals surface area contributed by atoms with Gasteiger partial charge in [0, 0.05) is 39.0 Å². The maximum Gasteiger partial charge on any atom is 0.309 e. The van der Waals surface area contributed by atoms with Gasteiger partial charge in [0.1, 0.15) is 18.3 Å². The Labute approximate surface area is 321 Å². The standard InChI is InChI=1S/C44H63NO9/c1-9-37(51-8)31(5)41-42(54-41)43(45(23-24-46)27-33-18-19-34-14-10-11-15-35(34)25-33)44(7,50)22-12-13-29(3)40-30(4)17-21-38(52-32(6)47)28(2)16-20-36(48)26-39(49)53-40/h10-15,17-19,21-22,25,28,30-31,36-38,40-43,46,48,50H,9,16,20,23-24,26-27H2,1-8H3. The molecule has 0 aliphatic carbocycles. The molecule has 298 valence electrons. The molecule has 3 N–H and O–H groups in total. The van der Waals surface area contributed by atoms with Crippen LogP contribution < -0.4 is 0 Å². The van der Waals surface area contributed by atoms with Gasteiger partial charge in [-0.3, -0.25) is 14.5 Å². The van der Waals surface area contributed by atoms with E-state index in [2.05, 4.69) is 49.1 Å². The van der Waals surface area contributed by atoms with Gasteiger partial charge >= 0.3 is 11.9 Å². The second-order valence-electron chi connectivity index (χ2n) is 15.6. The summed E-state index contributed by atoms with van der Waals surface area (Å²) in [7, 11) is 1.71. The van der Waals surface area contributed by atoms with Crippen molar-refractivity contribution in [3.8, 4) is 0 Å². The fourth-order valence-corrected chi connectivity index (χ4v) is 7.93. The summed E-state index contributed by atoms with van der Waals surface area (Å²) in [5, 5.41) is 35.5. The minimum absolute atomic E-state index is 0.00294. The Bertz CT molecular complexity index is 1610. The molecule has 0 saturated carbocycles. The van der Waals surface area contributed by atoms with Gasteiger partial charge in [0.05, 0.1) is 43.0 Å². The van der Waals surface area contributed by atoms with Crippen LogP contribution in [-0.4, -0.2) is 101 Å². The first-order chi connectivity index (χ1) is 25.7. The normalized spacial score (nSPS) is 28.5. The van der Waals surface area contributed by atoms with E-state index in [1.807, 2.05) is 51.1 Å². The lowest BCUT2D eigenvalue weighted by atomic mass is 9.85. The molecular formula is C44H63NO9. The molecule has 1 fully saturated rings. The molecule has 11 atom stereocenters. The molecule has 0 bridgehead atoms. The number of carbonyl (C=O) groups is 2. The van der Waals surface area contributed by atoms with Crippen molar-refractivity contribution in [2.75, 3.05) is 20.3 Å². The number of aliphatic hydroxyl groups excluding tert-OH is 2. The van der Waals surface area contributed by atoms with Crippen LogP contribution >= 0.6 is 0 Å². The van der Waals surface area contributed by atoms with Crippen LogP contribution in [0.15, 0.2) is 78.4 Å². The summed E-state index contributed by atoms with van der Waals surface area (Å²) >= 11 is 0. The lowest BCUT2D eigenvalue weighted by molar-refractivity contribution is -0.151. The molecule has 10 nitrogen and oxygen atoms in total. The number of cyclic esters (lactones) is 1. The molecule has 2 aliphatic rings. The van der Waals surface area contributed by atoms with E-state index in [1.54, 1.807) is 26.2 Å². The highest BCUT2D eigenvalue weighted by Crippen LogP contribution is 2.41. The average Bonchev–Trinajstić information content (AvgIpc) is 3.91. The van der Waals surface area contributed by atoms with Gasteiger partial charge in [-0.1, -0.05) is 88.4 Å². The van der Waals surface area contributed by atoms with Crippen LogP contribution in [0.1, 0.15) is 79.7 Å². The number of esters is 2. The summed E-state index contributed by atoms with van der Waals surface area (Å²) in [5.41, 5.74) is 0.373. The second-order valence-corrected chi connectivity index (χ2v) is 15.6. The lowest BCUT2D eigenvalue weighted by Crippen LogP contribution is -2.54. The molecule has 1 saturated heterocycles. The lowest BCUT2D eigenvalue weighted by Gasteiger charge is -2.39. The van der Waals surface area contributed by atoms with Crippen LogP contribution in [0.5, 0.6) is 0 Å². The van der Waals surface area contributed by atoms with Crippen molar-refractivity contribution in [2.24, 2.45) is 17.8 Å². The summed E-state index contributed by atoms with van der Waals surface area (Å²) in [4.78, 5) is 27.0. The molecule has 2 aliphatic heterocycles. The van der Waals surface area contributed by atoms with Crippen molar-refractivity contribution in [3.05, 3.63) is 84.0 Å². The summed E-state index contributed by atoms with van der Waals surface area (Å²) in [6.07, 6.45) is 8.23. The number of benzene rings is 2. The van der Waals surface area contributed by atoms with E-state index in [4.69, 9.17) is 18.9 Å². The molecular weight excluding hydrogens is 686 g/mol. The molecule has 0 aromatic heterocycles. The van der Waals surface area contributed by atoms with E-state index in [0.29, 0.717) is 25.9 Å². The fourth-order valence-electron chi connectivity index (χ4n) is 7.93. The number of fused-ring (bicyclic) bond motifs is 1. The van der Waals surface area contributed by atoms with E-state index in [1.165, 1.54) is 6.92 Å². The van der Waals surface area contributed by atoms with Gasteiger partial charge < -0.3 is 34.3 Å². The molecule has 2 aromatic carbocycles. The van der Waals surface area contributed by atoms with Gasteiger partial charge in [0.15, 0.2) is 0 Å². The molecule has 4 rings (SSSR count). The number of allylic oxidation sites excluding steroid dienone is 2. The second kappa shape index (κ2) is 20.0. The average molecular weight is 750 g/mol. The van der Waals surface area contributed by atoms with Crippen LogP contribution in [0.2, 0.25) is 0 Å². The van der Waals surface area contributed by atoms with Gasteiger partial charge in [-0.25, -0.2) is 0 Å². The smallest absolute Gasteiger partial charge is 0.309 e. The summed E-state index contributed by atoms with van der Waals surface area (Å²) < 4.78 is 23.7. The zero-order chi connectivity index (χ0) is 39.6. The fraction of sp³-hybridized carbons (Fsp3) is 0.591. The van der Waals surface area contributed by atoms with Gasteiger partial charge in [0.2, 0.25) is 0 Å². The summed E-state index contributed by atoms with van der Waals surface area (Å²) in [6.45, 7) is 13.8. The maximum absolute atomic E-state index is 13.0. The predicted octanol–water partition coefficient (Wildman–Crippen LogP) is 6.30. The molecule has 0 amide bonds. The zero-order valence-electron chi connectivity index (χ0n) is 33.4. The van der Waals surface area contributed by atoms with Gasteiger partial charge in [-0.05, 0) is 73.1 Å². The summed E-state index contributed by atoms with van der Waals surface area (Å²) in [5.74, 6) is -1.14. The first kappa shape index (κ1) is 43.3. The summed E-state index contributed by atoms with van der Waals surface area (Å²) in [6, 6.07) is 14.0. The van der Waals surface area contributed by atoms with E-state index in [9.17, 15) is 24.9 Å². The maximum atomic E-state index is 13.0. The number of ether oxygens (including phenoxy) is 4. The Hall–Kier alpha value is -3.38. The minimum Gasteiger partial charge on any atom is -0.458 e. The zero-order valence-corrected chi connectivity index (χ0v) is 33.4. The van der Waals surface area contributed by atoms with E-state index in [0.717, 1.165) is 28.3 Å². The van der Waals surface area contributed by atoms with E-state index in [-0.39, 0.29) is 55.1 Å². The number of carbonyl (C=O) groups excluding carboxylic acids is 2. The van der Waals surface area contributed by atoms with Crippen molar-refractivity contribution >= 4 is 22.7 Å². The van der Waals surface area contributed by atoms with Crippen molar-refractivity contribution in [3.63, 3.8) is 0 Å². The van der Waals surface area contributed by atoms with Gasteiger partial charge in [-0.2, -0.15) is 0 Å². The third kappa shape index (κ3) is 11.8. The first-order valence-electron chi connectivity index (χ1n) is 19.5.